The first kappa shape index (κ1) is 17.2. The fraction of sp³-hybridized carbons (Fsp3) is 0.286. The Morgan fingerprint density at radius 1 is 1.29 bits per heavy atom. The van der Waals surface area contributed by atoms with Gasteiger partial charge in [0.1, 0.15) is 18.1 Å². The number of halogens is 1. The summed E-state index contributed by atoms with van der Waals surface area (Å²) in [5.74, 6) is -2.12. The number of carboxylic acid groups (broad SMARTS) is 1. The van der Waals surface area contributed by atoms with Gasteiger partial charge in [-0.3, -0.25) is 9.59 Å². The highest BCUT2D eigenvalue weighted by Crippen LogP contribution is 2.29. The van der Waals surface area contributed by atoms with Crippen LogP contribution in [0.4, 0.5) is 4.39 Å². The second kappa shape index (κ2) is 7.40. The Labute approximate surface area is 136 Å². The molecule has 128 valence electrons. The topological polar surface area (TPSA) is 116 Å². The monoisotopic (exact) mass is 338 g/mol. The van der Waals surface area contributed by atoms with E-state index in [0.29, 0.717) is 5.69 Å². The number of rotatable bonds is 7. The van der Waals surface area contributed by atoms with E-state index in [9.17, 15) is 14.0 Å². The lowest BCUT2D eigenvalue weighted by Crippen LogP contribution is -2.24. The highest BCUT2D eigenvalue weighted by molar-refractivity contribution is 5.95. The van der Waals surface area contributed by atoms with Gasteiger partial charge >= 0.3 is 5.97 Å². The number of hydrogen-bond acceptors (Lipinski definition) is 6. The summed E-state index contributed by atoms with van der Waals surface area (Å²) in [6.07, 6.45) is 1.37. The molecule has 0 radical (unpaired) electrons. The number of methoxy groups -OCH3 is 2. The summed E-state index contributed by atoms with van der Waals surface area (Å²) in [5, 5.41) is 18.4. The van der Waals surface area contributed by atoms with Crippen molar-refractivity contribution in [3.8, 4) is 11.5 Å². The summed E-state index contributed by atoms with van der Waals surface area (Å²) in [5.41, 5.74) is 0.121. The predicted molar refractivity (Wildman–Crippen MR) is 78.3 cm³/mol. The van der Waals surface area contributed by atoms with Crippen LogP contribution < -0.4 is 14.8 Å². The van der Waals surface area contributed by atoms with Crippen LogP contribution in [-0.2, 0) is 17.9 Å². The molecule has 1 amide bonds. The Morgan fingerprint density at radius 2 is 1.96 bits per heavy atom. The number of carbonyl (C=O) groups is 2. The SMILES string of the molecule is COc1cc(F)c(C(=O)NCc2cn(CC(=O)O)nn2)cc1OC. The third-order valence-corrected chi connectivity index (χ3v) is 3.03. The summed E-state index contributed by atoms with van der Waals surface area (Å²) < 4.78 is 25.1. The molecule has 2 N–H and O–H groups in total. The summed E-state index contributed by atoms with van der Waals surface area (Å²) in [6.45, 7) is -0.377. The molecule has 0 aliphatic carbocycles. The number of carboxylic acids is 1. The molecule has 24 heavy (non-hydrogen) atoms. The molecule has 0 spiro atoms. The molecule has 1 heterocycles. The van der Waals surface area contributed by atoms with Crippen LogP contribution in [0.15, 0.2) is 18.3 Å². The highest BCUT2D eigenvalue weighted by Gasteiger charge is 2.17. The van der Waals surface area contributed by atoms with Gasteiger partial charge in [-0.1, -0.05) is 5.21 Å². The number of amides is 1. The summed E-state index contributed by atoms with van der Waals surface area (Å²) >= 11 is 0. The van der Waals surface area contributed by atoms with E-state index in [2.05, 4.69) is 15.6 Å². The van der Waals surface area contributed by atoms with Crippen molar-refractivity contribution in [3.63, 3.8) is 0 Å². The molecular formula is C14H15FN4O5. The number of carbonyl (C=O) groups excluding carboxylic acids is 1. The Hall–Kier alpha value is -3.17. The molecule has 1 aromatic carbocycles. The first-order chi connectivity index (χ1) is 11.4. The molecule has 10 heteroatoms. The first-order valence-electron chi connectivity index (χ1n) is 6.75. The first-order valence-corrected chi connectivity index (χ1v) is 6.75. The van der Waals surface area contributed by atoms with E-state index in [4.69, 9.17) is 14.6 Å². The van der Waals surface area contributed by atoms with Gasteiger partial charge in [0, 0.05) is 6.07 Å². The third kappa shape index (κ3) is 3.97. The van der Waals surface area contributed by atoms with Crippen LogP contribution in [0.3, 0.4) is 0 Å². The van der Waals surface area contributed by atoms with Gasteiger partial charge in [-0.15, -0.1) is 5.10 Å². The molecule has 0 atom stereocenters. The van der Waals surface area contributed by atoms with Gasteiger partial charge in [0.05, 0.1) is 32.5 Å². The molecule has 0 fully saturated rings. The van der Waals surface area contributed by atoms with Crippen LogP contribution in [0.2, 0.25) is 0 Å². The minimum absolute atomic E-state index is 0.0355. The van der Waals surface area contributed by atoms with E-state index in [1.165, 1.54) is 26.5 Å². The smallest absolute Gasteiger partial charge is 0.325 e. The van der Waals surface area contributed by atoms with Crippen molar-refractivity contribution in [3.05, 3.63) is 35.4 Å². The molecule has 2 rings (SSSR count). The summed E-state index contributed by atoms with van der Waals surface area (Å²) in [7, 11) is 2.73. The van der Waals surface area contributed by atoms with E-state index < -0.39 is 17.7 Å². The van der Waals surface area contributed by atoms with E-state index >= 15 is 0 Å². The van der Waals surface area contributed by atoms with Crippen LogP contribution in [0.5, 0.6) is 11.5 Å². The van der Waals surface area contributed by atoms with Gasteiger partial charge in [-0.2, -0.15) is 0 Å². The van der Waals surface area contributed by atoms with E-state index in [1.807, 2.05) is 0 Å². The van der Waals surface area contributed by atoms with Gasteiger partial charge in [0.2, 0.25) is 0 Å². The number of nitrogens with one attached hydrogen (secondary N) is 1. The zero-order chi connectivity index (χ0) is 17.7. The summed E-state index contributed by atoms with van der Waals surface area (Å²) in [4.78, 5) is 22.7. The van der Waals surface area contributed by atoms with Crippen molar-refractivity contribution in [2.75, 3.05) is 14.2 Å². The Bertz CT molecular complexity index is 762. The molecule has 0 unspecified atom stereocenters. The fourth-order valence-corrected chi connectivity index (χ4v) is 1.93. The maximum absolute atomic E-state index is 14.0. The molecule has 0 saturated heterocycles. The standard InChI is InChI=1S/C14H15FN4O5/c1-23-11-3-9(10(15)4-12(11)24-2)14(22)16-5-8-6-19(18-17-8)7-13(20)21/h3-4,6H,5,7H2,1-2H3,(H,16,22)(H,20,21). The lowest BCUT2D eigenvalue weighted by Gasteiger charge is -2.10. The number of hydrogen-bond donors (Lipinski definition) is 2. The minimum atomic E-state index is -1.07. The number of nitrogens with zero attached hydrogens (tertiary/aromatic N) is 3. The molecule has 0 aliphatic heterocycles. The number of aliphatic carboxylic acids is 1. The van der Waals surface area contributed by atoms with Gasteiger partial charge in [0.25, 0.3) is 5.91 Å². The molecule has 0 bridgehead atoms. The molecule has 2 aromatic rings. The third-order valence-electron chi connectivity index (χ3n) is 3.03. The van der Waals surface area contributed by atoms with Gasteiger partial charge in [-0.05, 0) is 6.07 Å². The van der Waals surface area contributed by atoms with Gasteiger partial charge in [-0.25, -0.2) is 9.07 Å². The van der Waals surface area contributed by atoms with E-state index in [-0.39, 0.29) is 30.2 Å². The Balaban J connectivity index is 2.07. The zero-order valence-corrected chi connectivity index (χ0v) is 12.9. The Morgan fingerprint density at radius 3 is 2.58 bits per heavy atom. The molecule has 9 nitrogen and oxygen atoms in total. The number of ether oxygens (including phenoxy) is 2. The van der Waals surface area contributed by atoms with Crippen LogP contribution in [0, 0.1) is 5.82 Å². The minimum Gasteiger partial charge on any atom is -0.493 e. The van der Waals surface area contributed by atoms with Gasteiger partial charge < -0.3 is 19.9 Å². The van der Waals surface area contributed by atoms with Crippen molar-refractivity contribution in [1.82, 2.24) is 20.3 Å². The quantitative estimate of drug-likeness (QED) is 0.753. The van der Waals surface area contributed by atoms with Crippen LogP contribution in [0.25, 0.3) is 0 Å². The van der Waals surface area contributed by atoms with Crippen molar-refractivity contribution in [2.24, 2.45) is 0 Å². The zero-order valence-electron chi connectivity index (χ0n) is 12.9. The second-order valence-corrected chi connectivity index (χ2v) is 4.67. The van der Waals surface area contributed by atoms with Crippen molar-refractivity contribution < 1.29 is 28.6 Å². The van der Waals surface area contributed by atoms with Crippen molar-refractivity contribution in [1.29, 1.82) is 0 Å². The average Bonchev–Trinajstić information content (AvgIpc) is 2.98. The van der Waals surface area contributed by atoms with Crippen LogP contribution >= 0.6 is 0 Å². The largest absolute Gasteiger partial charge is 0.493 e. The summed E-state index contributed by atoms with van der Waals surface area (Å²) in [6, 6.07) is 2.28. The van der Waals surface area contributed by atoms with E-state index in [1.54, 1.807) is 0 Å². The Kier molecular flexibility index (Phi) is 5.30. The molecular weight excluding hydrogens is 323 g/mol. The molecule has 0 saturated carbocycles. The molecule has 0 aliphatic rings. The van der Waals surface area contributed by atoms with Crippen LogP contribution in [-0.4, -0.2) is 46.2 Å². The fourth-order valence-electron chi connectivity index (χ4n) is 1.93. The lowest BCUT2D eigenvalue weighted by molar-refractivity contribution is -0.137. The van der Waals surface area contributed by atoms with Crippen molar-refractivity contribution >= 4 is 11.9 Å². The van der Waals surface area contributed by atoms with Crippen molar-refractivity contribution in [2.45, 2.75) is 13.1 Å². The second-order valence-electron chi connectivity index (χ2n) is 4.67. The average molecular weight is 338 g/mol. The van der Waals surface area contributed by atoms with Crippen LogP contribution in [0.1, 0.15) is 16.1 Å². The van der Waals surface area contributed by atoms with E-state index in [0.717, 1.165) is 10.7 Å². The van der Waals surface area contributed by atoms with Gasteiger partial charge in [0.15, 0.2) is 11.5 Å². The highest BCUT2D eigenvalue weighted by atomic mass is 19.1. The maximum atomic E-state index is 14.0. The maximum Gasteiger partial charge on any atom is 0.325 e. The predicted octanol–water partition coefficient (Wildman–Crippen LogP) is 0.449. The number of aromatic nitrogens is 3. The lowest BCUT2D eigenvalue weighted by atomic mass is 10.1. The molecule has 1 aromatic heterocycles. The normalized spacial score (nSPS) is 10.3. The number of benzene rings is 1.